The first-order valence-corrected chi connectivity index (χ1v) is 17.0. The van der Waals surface area contributed by atoms with Crippen molar-refractivity contribution in [1.29, 1.82) is 0 Å². The van der Waals surface area contributed by atoms with Crippen molar-refractivity contribution in [3.63, 3.8) is 0 Å². The van der Waals surface area contributed by atoms with Crippen molar-refractivity contribution in [2.45, 2.75) is 64.3 Å². The molecular weight excluding hydrogens is 532 g/mol. The van der Waals surface area contributed by atoms with Gasteiger partial charge in [0.05, 0.1) is 24.5 Å². The molecule has 0 aliphatic carbocycles. The number of nitrogens with one attached hydrogen (secondary N) is 2. The van der Waals surface area contributed by atoms with E-state index in [1.54, 1.807) is 12.5 Å². The minimum atomic E-state index is -1.99. The summed E-state index contributed by atoms with van der Waals surface area (Å²) < 4.78 is 10.7. The maximum Gasteiger partial charge on any atom is 0.319 e. The van der Waals surface area contributed by atoms with E-state index in [1.165, 1.54) is 5.56 Å². The van der Waals surface area contributed by atoms with Crippen molar-refractivity contribution < 1.29 is 14.0 Å². The van der Waals surface area contributed by atoms with Crippen LogP contribution < -0.4 is 16.4 Å². The highest BCUT2D eigenvalue weighted by atomic mass is 28.4. The van der Waals surface area contributed by atoms with Crippen molar-refractivity contribution in [3.05, 3.63) is 84.6 Å². The number of amides is 3. The van der Waals surface area contributed by atoms with E-state index in [2.05, 4.69) is 78.4 Å². The van der Waals surface area contributed by atoms with E-state index in [4.69, 9.17) is 10.2 Å². The van der Waals surface area contributed by atoms with E-state index in [0.717, 1.165) is 29.4 Å². The van der Waals surface area contributed by atoms with Crippen LogP contribution in [0.15, 0.2) is 73.3 Å². The van der Waals surface area contributed by atoms with Gasteiger partial charge in [0.1, 0.15) is 5.69 Å². The van der Waals surface area contributed by atoms with Crippen molar-refractivity contribution in [2.75, 3.05) is 18.5 Å². The zero-order valence-corrected chi connectivity index (χ0v) is 25.7. The van der Waals surface area contributed by atoms with Crippen molar-refractivity contribution in [2.24, 2.45) is 5.73 Å². The van der Waals surface area contributed by atoms with Crippen LogP contribution in [0.25, 0.3) is 10.9 Å². The molecule has 3 amide bonds. The molecular formula is C31H42N6O3Si. The number of carbonyl (C=O) groups excluding carboxylic acids is 2. The van der Waals surface area contributed by atoms with Gasteiger partial charge in [-0.15, -0.1) is 0 Å². The lowest BCUT2D eigenvalue weighted by atomic mass is 10.1. The number of urea groups is 1. The number of carbonyl (C=O) groups is 2. The highest BCUT2D eigenvalue weighted by molar-refractivity contribution is 6.74. The second-order valence-electron chi connectivity index (χ2n) is 12.0. The topological polar surface area (TPSA) is 116 Å². The van der Waals surface area contributed by atoms with Gasteiger partial charge in [0.25, 0.3) is 5.91 Å². The third kappa shape index (κ3) is 7.86. The smallest absolute Gasteiger partial charge is 0.319 e. The van der Waals surface area contributed by atoms with Crippen LogP contribution in [-0.4, -0.2) is 47.5 Å². The third-order valence-corrected chi connectivity index (χ3v) is 12.5. The van der Waals surface area contributed by atoms with E-state index in [1.807, 2.05) is 41.0 Å². The predicted octanol–water partition coefficient (Wildman–Crippen LogP) is 5.95. The van der Waals surface area contributed by atoms with Crippen LogP contribution in [0.2, 0.25) is 18.1 Å². The fourth-order valence-corrected chi connectivity index (χ4v) is 5.43. The number of benzene rings is 2. The van der Waals surface area contributed by atoms with Crippen LogP contribution in [0.4, 0.5) is 10.5 Å². The van der Waals surface area contributed by atoms with Gasteiger partial charge in [-0.3, -0.25) is 4.79 Å². The molecule has 0 spiro atoms. The van der Waals surface area contributed by atoms with E-state index >= 15 is 0 Å². The minimum Gasteiger partial charge on any atom is -0.415 e. The van der Waals surface area contributed by atoms with Gasteiger partial charge in [0.15, 0.2) is 8.32 Å². The molecule has 0 saturated carbocycles. The fraction of sp³-hybridized carbons (Fsp3) is 0.387. The Morgan fingerprint density at radius 2 is 1.85 bits per heavy atom. The number of hydrogen-bond acceptors (Lipinski definition) is 4. The maximum absolute atomic E-state index is 12.5. The second-order valence-corrected chi connectivity index (χ2v) is 16.8. The molecule has 9 nitrogen and oxygen atoms in total. The lowest BCUT2D eigenvalue weighted by molar-refractivity contribution is 0.0995. The number of nitrogens with two attached hydrogens (primary N) is 1. The summed E-state index contributed by atoms with van der Waals surface area (Å²) in [5.41, 5.74) is 8.65. The summed E-state index contributed by atoms with van der Waals surface area (Å²) in [6.07, 6.45) is 6.95. The van der Waals surface area contributed by atoms with E-state index < -0.39 is 14.2 Å². The Morgan fingerprint density at radius 3 is 2.54 bits per heavy atom. The summed E-state index contributed by atoms with van der Waals surface area (Å²) in [5.74, 6) is -0.548. The van der Waals surface area contributed by atoms with Crippen LogP contribution in [-0.2, 0) is 17.4 Å². The highest BCUT2D eigenvalue weighted by Crippen LogP contribution is 2.37. The molecule has 4 aromatic rings. The first kappa shape index (κ1) is 30.1. The van der Waals surface area contributed by atoms with Crippen LogP contribution in [0, 0.1) is 0 Å². The molecule has 2 heterocycles. The minimum absolute atomic E-state index is 0.0288. The summed E-state index contributed by atoms with van der Waals surface area (Å²) >= 11 is 0. The SMILES string of the molecule is CC(C)(C)[Si](C)(C)OCC(CCn1ccc2ccc(NC(=O)NCCc3ccccc3)cc21)n1cnc(C(N)=O)c1. The lowest BCUT2D eigenvalue weighted by Gasteiger charge is -2.37. The molecule has 0 saturated heterocycles. The standard InChI is InChI=1S/C31H42N6O3Si/c1-31(2,3)41(4,5)40-21-26(37-20-27(29(32)38)34-22-37)15-18-36-17-14-24-11-12-25(19-28(24)36)35-30(39)33-16-13-23-9-7-6-8-10-23/h6-12,14,17,19-20,22,26H,13,15-16,18,21H2,1-5H3,(H2,32,38)(H2,33,35,39). The zero-order chi connectivity index (χ0) is 29.6. The van der Waals surface area contributed by atoms with Gasteiger partial charge in [-0.05, 0) is 60.1 Å². The van der Waals surface area contributed by atoms with E-state index in [-0.39, 0.29) is 22.8 Å². The summed E-state index contributed by atoms with van der Waals surface area (Å²) in [4.78, 5) is 28.4. The summed E-state index contributed by atoms with van der Waals surface area (Å²) in [6, 6.07) is 17.8. The number of aryl methyl sites for hydroxylation is 1. The molecule has 4 N–H and O–H groups in total. The molecule has 41 heavy (non-hydrogen) atoms. The van der Waals surface area contributed by atoms with Gasteiger partial charge in [-0.1, -0.05) is 57.2 Å². The fourth-order valence-electron chi connectivity index (χ4n) is 4.39. The number of nitrogens with zero attached hydrogens (tertiary/aromatic N) is 3. The molecule has 0 aliphatic heterocycles. The van der Waals surface area contributed by atoms with Gasteiger partial charge in [0, 0.05) is 31.2 Å². The monoisotopic (exact) mass is 574 g/mol. The molecule has 10 heteroatoms. The number of primary amides is 1. The summed E-state index contributed by atoms with van der Waals surface area (Å²) in [6.45, 7) is 12.9. The largest absolute Gasteiger partial charge is 0.415 e. The average Bonchev–Trinajstić information content (AvgIpc) is 3.56. The molecule has 1 unspecified atom stereocenters. The normalized spacial score (nSPS) is 12.8. The Morgan fingerprint density at radius 1 is 1.10 bits per heavy atom. The van der Waals surface area contributed by atoms with Crippen molar-refractivity contribution in [1.82, 2.24) is 19.4 Å². The van der Waals surface area contributed by atoms with Gasteiger partial charge in [-0.25, -0.2) is 9.78 Å². The number of hydrogen-bond donors (Lipinski definition) is 3. The molecule has 218 valence electrons. The van der Waals surface area contributed by atoms with Gasteiger partial charge in [0.2, 0.25) is 0 Å². The number of aromatic nitrogens is 3. The van der Waals surface area contributed by atoms with Gasteiger partial charge >= 0.3 is 6.03 Å². The predicted molar refractivity (Wildman–Crippen MR) is 167 cm³/mol. The Hall–Kier alpha value is -3.89. The van der Waals surface area contributed by atoms with Gasteiger partial charge < -0.3 is 29.9 Å². The average molecular weight is 575 g/mol. The first-order valence-electron chi connectivity index (χ1n) is 14.1. The quantitative estimate of drug-likeness (QED) is 0.181. The lowest BCUT2D eigenvalue weighted by Crippen LogP contribution is -2.42. The number of rotatable bonds is 12. The Kier molecular flexibility index (Phi) is 9.34. The Balaban J connectivity index is 1.43. The highest BCUT2D eigenvalue weighted by Gasteiger charge is 2.37. The van der Waals surface area contributed by atoms with Crippen molar-refractivity contribution >= 4 is 36.8 Å². The summed E-state index contributed by atoms with van der Waals surface area (Å²) in [7, 11) is -1.99. The number of anilines is 1. The van der Waals surface area contributed by atoms with E-state index in [0.29, 0.717) is 19.7 Å². The number of imidazole rings is 1. The first-order chi connectivity index (χ1) is 19.4. The molecule has 0 bridgehead atoms. The molecule has 1 atom stereocenters. The van der Waals surface area contributed by atoms with Crippen LogP contribution in [0.3, 0.4) is 0 Å². The molecule has 2 aromatic heterocycles. The molecule has 4 rings (SSSR count). The molecule has 0 fully saturated rings. The third-order valence-electron chi connectivity index (χ3n) is 8.00. The van der Waals surface area contributed by atoms with Crippen LogP contribution in [0.5, 0.6) is 0 Å². The maximum atomic E-state index is 12.5. The van der Waals surface area contributed by atoms with Crippen LogP contribution >= 0.6 is 0 Å². The van der Waals surface area contributed by atoms with Crippen LogP contribution in [0.1, 0.15) is 49.3 Å². The molecule has 0 radical (unpaired) electrons. The Labute approximate surface area is 243 Å². The second kappa shape index (κ2) is 12.7. The van der Waals surface area contributed by atoms with Gasteiger partial charge in [-0.2, -0.15) is 0 Å². The number of fused-ring (bicyclic) bond motifs is 1. The zero-order valence-electron chi connectivity index (χ0n) is 24.7. The Bertz CT molecular complexity index is 1470. The van der Waals surface area contributed by atoms with E-state index in [9.17, 15) is 9.59 Å². The van der Waals surface area contributed by atoms with Crippen molar-refractivity contribution in [3.8, 4) is 0 Å². The summed E-state index contributed by atoms with van der Waals surface area (Å²) in [5, 5.41) is 7.06. The molecule has 0 aliphatic rings. The molecule has 2 aromatic carbocycles.